The zero-order chi connectivity index (χ0) is 17.8. The Morgan fingerprint density at radius 2 is 2.28 bits per heavy atom. The molecule has 0 spiro atoms. The lowest BCUT2D eigenvalue weighted by molar-refractivity contribution is 0.192. The summed E-state index contributed by atoms with van der Waals surface area (Å²) in [6.45, 7) is 4.19. The fraction of sp³-hybridized carbons (Fsp3) is 0.389. The third-order valence-corrected chi connectivity index (χ3v) is 5.42. The van der Waals surface area contributed by atoms with Gasteiger partial charge in [0.05, 0.1) is 18.7 Å². The number of carbonyl (C=O) groups is 1. The lowest BCUT2D eigenvalue weighted by Crippen LogP contribution is -2.42. The topological polar surface area (TPSA) is 50.8 Å². The molecule has 0 unspecified atom stereocenters. The van der Waals surface area contributed by atoms with E-state index in [-0.39, 0.29) is 6.03 Å². The number of fused-ring (bicyclic) bond motifs is 1. The summed E-state index contributed by atoms with van der Waals surface area (Å²) < 4.78 is 10.8. The van der Waals surface area contributed by atoms with Gasteiger partial charge < -0.3 is 19.7 Å². The number of thiophene rings is 1. The Bertz CT molecular complexity index is 763. The van der Waals surface area contributed by atoms with Crippen LogP contribution in [0.5, 0.6) is 11.5 Å². The first-order valence-electron chi connectivity index (χ1n) is 8.19. The Morgan fingerprint density at radius 3 is 3.04 bits per heavy atom. The van der Waals surface area contributed by atoms with Crippen LogP contribution in [0.4, 0.5) is 4.79 Å². The van der Waals surface area contributed by atoms with E-state index in [9.17, 15) is 4.79 Å². The fourth-order valence-electron chi connectivity index (χ4n) is 2.87. The van der Waals surface area contributed by atoms with Crippen LogP contribution in [0, 0.1) is 0 Å². The maximum atomic E-state index is 12.4. The Hall–Kier alpha value is -1.92. The molecule has 2 aromatic rings. The molecule has 0 saturated heterocycles. The molecule has 1 N–H and O–H groups in total. The predicted molar refractivity (Wildman–Crippen MR) is 99.8 cm³/mol. The van der Waals surface area contributed by atoms with Crippen LogP contribution >= 0.6 is 22.9 Å². The van der Waals surface area contributed by atoms with Gasteiger partial charge in [-0.3, -0.25) is 0 Å². The van der Waals surface area contributed by atoms with Crippen LogP contribution in [0.1, 0.15) is 22.9 Å². The quantitative estimate of drug-likeness (QED) is 0.850. The van der Waals surface area contributed by atoms with Gasteiger partial charge in [-0.2, -0.15) is 0 Å². The molecule has 0 atom stereocenters. The number of hydrogen-bond acceptors (Lipinski definition) is 4. The number of carbonyl (C=O) groups excluding carboxylic acids is 1. The van der Waals surface area contributed by atoms with Gasteiger partial charge in [-0.25, -0.2) is 4.79 Å². The lowest BCUT2D eigenvalue weighted by Gasteiger charge is -2.27. The molecule has 0 saturated carbocycles. The Kier molecular flexibility index (Phi) is 5.71. The van der Waals surface area contributed by atoms with E-state index in [4.69, 9.17) is 21.1 Å². The molecule has 1 aromatic carbocycles. The molecule has 0 radical (unpaired) electrons. The number of nitrogens with zero attached hydrogens (tertiary/aromatic N) is 1. The average Bonchev–Trinajstić information content (AvgIpc) is 3.09. The van der Waals surface area contributed by atoms with Gasteiger partial charge in [-0.1, -0.05) is 11.6 Å². The molecule has 2 amide bonds. The van der Waals surface area contributed by atoms with Gasteiger partial charge in [0, 0.05) is 24.5 Å². The minimum Gasteiger partial charge on any atom is -0.493 e. The van der Waals surface area contributed by atoms with E-state index in [0.29, 0.717) is 36.2 Å². The zero-order valence-electron chi connectivity index (χ0n) is 14.3. The maximum Gasteiger partial charge on any atom is 0.317 e. The van der Waals surface area contributed by atoms with Gasteiger partial charge in [-0.05, 0) is 48.1 Å². The van der Waals surface area contributed by atoms with Crippen molar-refractivity contribution < 1.29 is 14.3 Å². The first kappa shape index (κ1) is 17.9. The number of hydrogen-bond donors (Lipinski definition) is 1. The van der Waals surface area contributed by atoms with E-state index < -0.39 is 0 Å². The lowest BCUT2D eigenvalue weighted by atomic mass is 10.1. The van der Waals surface area contributed by atoms with Crippen molar-refractivity contribution >= 4 is 29.0 Å². The number of nitrogens with one attached hydrogen (secondary N) is 1. The molecule has 5 nitrogen and oxygen atoms in total. The van der Waals surface area contributed by atoms with Crippen molar-refractivity contribution in [2.45, 2.75) is 26.4 Å². The minimum absolute atomic E-state index is 0.0687. The van der Waals surface area contributed by atoms with Crippen molar-refractivity contribution in [2.24, 2.45) is 0 Å². The Morgan fingerprint density at radius 1 is 1.44 bits per heavy atom. The molecule has 1 aliphatic heterocycles. The Labute approximate surface area is 156 Å². The molecule has 134 valence electrons. The molecule has 3 rings (SSSR count). The van der Waals surface area contributed by atoms with E-state index in [1.807, 2.05) is 17.9 Å². The van der Waals surface area contributed by atoms with E-state index in [2.05, 4.69) is 16.8 Å². The second-order valence-corrected chi connectivity index (χ2v) is 7.15. The summed E-state index contributed by atoms with van der Waals surface area (Å²) in [6, 6.07) is 5.66. The first-order valence-corrected chi connectivity index (χ1v) is 9.45. The highest BCUT2D eigenvalue weighted by atomic mass is 35.5. The van der Waals surface area contributed by atoms with Crippen molar-refractivity contribution in [3.8, 4) is 11.5 Å². The largest absolute Gasteiger partial charge is 0.493 e. The van der Waals surface area contributed by atoms with Gasteiger partial charge in [0.2, 0.25) is 0 Å². The van der Waals surface area contributed by atoms with Crippen molar-refractivity contribution in [3.05, 3.63) is 44.6 Å². The second kappa shape index (κ2) is 7.97. The summed E-state index contributed by atoms with van der Waals surface area (Å²) in [5.41, 5.74) is 2.11. The monoisotopic (exact) mass is 380 g/mol. The van der Waals surface area contributed by atoms with Crippen LogP contribution in [0.2, 0.25) is 5.02 Å². The normalized spacial score (nSPS) is 13.3. The van der Waals surface area contributed by atoms with Crippen molar-refractivity contribution in [3.63, 3.8) is 0 Å². The van der Waals surface area contributed by atoms with Gasteiger partial charge in [0.25, 0.3) is 0 Å². The summed E-state index contributed by atoms with van der Waals surface area (Å²) in [5.74, 6) is 1.10. The van der Waals surface area contributed by atoms with Crippen LogP contribution in [0.15, 0.2) is 23.6 Å². The van der Waals surface area contributed by atoms with Crippen LogP contribution in [0.25, 0.3) is 0 Å². The number of benzene rings is 1. The second-order valence-electron chi connectivity index (χ2n) is 5.74. The molecule has 1 aliphatic rings. The Balaban J connectivity index is 1.63. The summed E-state index contributed by atoms with van der Waals surface area (Å²) in [5, 5.41) is 5.52. The third-order valence-electron chi connectivity index (χ3n) is 4.12. The van der Waals surface area contributed by atoms with Crippen LogP contribution < -0.4 is 14.8 Å². The summed E-state index contributed by atoms with van der Waals surface area (Å²) in [6.07, 6.45) is 0.920. The van der Waals surface area contributed by atoms with Gasteiger partial charge >= 0.3 is 6.03 Å². The van der Waals surface area contributed by atoms with E-state index >= 15 is 0 Å². The van der Waals surface area contributed by atoms with Gasteiger partial charge in [0.1, 0.15) is 0 Å². The first-order chi connectivity index (χ1) is 12.1. The maximum absolute atomic E-state index is 12.4. The molecule has 1 aromatic heterocycles. The number of urea groups is 1. The number of halogens is 1. The molecule has 0 fully saturated rings. The highest BCUT2D eigenvalue weighted by Gasteiger charge is 2.21. The molecule has 7 heteroatoms. The smallest absolute Gasteiger partial charge is 0.317 e. The SMILES string of the molecule is CCOc1c(Cl)cc(CNC(=O)N2CCc3sccc3C2)cc1OC. The summed E-state index contributed by atoms with van der Waals surface area (Å²) >= 11 is 8.03. The van der Waals surface area contributed by atoms with E-state index in [1.165, 1.54) is 10.4 Å². The highest BCUT2D eigenvalue weighted by Crippen LogP contribution is 2.36. The summed E-state index contributed by atoms with van der Waals surface area (Å²) in [4.78, 5) is 15.7. The molecule has 0 bridgehead atoms. The van der Waals surface area contributed by atoms with E-state index in [1.54, 1.807) is 24.5 Å². The number of rotatable bonds is 5. The average molecular weight is 381 g/mol. The minimum atomic E-state index is -0.0687. The van der Waals surface area contributed by atoms with Crippen molar-refractivity contribution in [1.82, 2.24) is 10.2 Å². The summed E-state index contributed by atoms with van der Waals surface area (Å²) in [7, 11) is 1.57. The molecule has 25 heavy (non-hydrogen) atoms. The number of amides is 2. The standard InChI is InChI=1S/C18H21ClN2O3S/c1-3-24-17-14(19)8-12(9-15(17)23-2)10-20-18(22)21-6-4-16-13(11-21)5-7-25-16/h5,7-9H,3-4,6,10-11H2,1-2H3,(H,20,22). The van der Waals surface area contributed by atoms with Crippen LogP contribution in [0.3, 0.4) is 0 Å². The molecule has 0 aliphatic carbocycles. The molecule has 2 heterocycles. The van der Waals surface area contributed by atoms with Crippen molar-refractivity contribution in [1.29, 1.82) is 0 Å². The molecular weight excluding hydrogens is 360 g/mol. The highest BCUT2D eigenvalue weighted by molar-refractivity contribution is 7.10. The number of ether oxygens (including phenoxy) is 2. The van der Waals surface area contributed by atoms with Gasteiger partial charge in [0.15, 0.2) is 11.5 Å². The number of methoxy groups -OCH3 is 1. The zero-order valence-corrected chi connectivity index (χ0v) is 15.9. The fourth-order valence-corrected chi connectivity index (χ4v) is 4.05. The third kappa shape index (κ3) is 4.02. The van der Waals surface area contributed by atoms with Crippen LogP contribution in [-0.4, -0.2) is 31.2 Å². The predicted octanol–water partition coefficient (Wildman–Crippen LogP) is 4.08. The van der Waals surface area contributed by atoms with Crippen molar-refractivity contribution in [2.75, 3.05) is 20.3 Å². The molecular formula is C18H21ClN2O3S. The van der Waals surface area contributed by atoms with Crippen LogP contribution in [-0.2, 0) is 19.5 Å². The van der Waals surface area contributed by atoms with Gasteiger partial charge in [-0.15, -0.1) is 11.3 Å². The van der Waals surface area contributed by atoms with E-state index in [0.717, 1.165) is 18.5 Å².